The first kappa shape index (κ1) is 13.4. The Morgan fingerprint density at radius 1 is 1.33 bits per heavy atom. The smallest absolute Gasteiger partial charge is 0.119 e. The molecule has 1 heterocycles. The summed E-state index contributed by atoms with van der Waals surface area (Å²) < 4.78 is 5.38. The fraction of sp³-hybridized carbons (Fsp3) is 0.625. The van der Waals surface area contributed by atoms with Crippen molar-refractivity contribution in [3.8, 4) is 5.75 Å². The van der Waals surface area contributed by atoms with Crippen LogP contribution in [-0.2, 0) is 5.41 Å². The number of hydrogen-bond acceptors (Lipinski definition) is 2. The van der Waals surface area contributed by atoms with Gasteiger partial charge in [-0.05, 0) is 43.6 Å². The average molecular weight is 247 g/mol. The van der Waals surface area contributed by atoms with Crippen LogP contribution in [0.2, 0.25) is 0 Å². The van der Waals surface area contributed by atoms with E-state index in [1.54, 1.807) is 7.11 Å². The van der Waals surface area contributed by atoms with Gasteiger partial charge in [0, 0.05) is 12.0 Å². The largest absolute Gasteiger partial charge is 0.497 e. The zero-order chi connectivity index (χ0) is 13.0. The van der Waals surface area contributed by atoms with Gasteiger partial charge in [-0.3, -0.25) is 0 Å². The molecule has 1 saturated heterocycles. The van der Waals surface area contributed by atoms with Gasteiger partial charge in [0.25, 0.3) is 0 Å². The number of methoxy groups -OCH3 is 1. The molecular weight excluding hydrogens is 222 g/mol. The summed E-state index contributed by atoms with van der Waals surface area (Å²) in [5.41, 5.74) is 1.80. The van der Waals surface area contributed by atoms with Gasteiger partial charge in [0.05, 0.1) is 7.11 Å². The maximum atomic E-state index is 5.38. The van der Waals surface area contributed by atoms with E-state index in [1.165, 1.54) is 37.9 Å². The molecule has 0 spiro atoms. The van der Waals surface area contributed by atoms with Crippen molar-refractivity contribution in [2.24, 2.45) is 0 Å². The summed E-state index contributed by atoms with van der Waals surface area (Å²) in [7, 11) is 1.75. The Kier molecular flexibility index (Phi) is 4.28. The van der Waals surface area contributed by atoms with Crippen LogP contribution in [0.15, 0.2) is 24.3 Å². The summed E-state index contributed by atoms with van der Waals surface area (Å²) >= 11 is 0. The SMILES string of the molecule is CCCC1(c2cccc(OC)c2)CCN(CC)C1. The summed E-state index contributed by atoms with van der Waals surface area (Å²) in [5.74, 6) is 0.984. The summed E-state index contributed by atoms with van der Waals surface area (Å²) in [4.78, 5) is 2.56. The Bertz CT molecular complexity index is 390. The van der Waals surface area contributed by atoms with Crippen molar-refractivity contribution in [3.05, 3.63) is 29.8 Å². The van der Waals surface area contributed by atoms with Crippen LogP contribution in [0.4, 0.5) is 0 Å². The average Bonchev–Trinajstić information content (AvgIpc) is 2.84. The van der Waals surface area contributed by atoms with Crippen LogP contribution in [0.3, 0.4) is 0 Å². The van der Waals surface area contributed by atoms with E-state index in [0.29, 0.717) is 5.41 Å². The lowest BCUT2D eigenvalue weighted by atomic mass is 9.76. The maximum Gasteiger partial charge on any atom is 0.119 e. The molecule has 0 aliphatic carbocycles. The topological polar surface area (TPSA) is 12.5 Å². The monoisotopic (exact) mass is 247 g/mol. The third-order valence-electron chi connectivity index (χ3n) is 4.29. The molecule has 2 nitrogen and oxygen atoms in total. The molecule has 0 amide bonds. The lowest BCUT2D eigenvalue weighted by molar-refractivity contribution is 0.314. The molecule has 18 heavy (non-hydrogen) atoms. The Balaban J connectivity index is 2.29. The third-order valence-corrected chi connectivity index (χ3v) is 4.29. The first-order valence-electron chi connectivity index (χ1n) is 7.11. The molecule has 2 heteroatoms. The molecule has 0 bridgehead atoms. The highest BCUT2D eigenvalue weighted by Crippen LogP contribution is 2.39. The van der Waals surface area contributed by atoms with Gasteiger partial charge in [-0.25, -0.2) is 0 Å². The van der Waals surface area contributed by atoms with Crippen LogP contribution in [0.1, 0.15) is 38.7 Å². The van der Waals surface area contributed by atoms with Gasteiger partial charge in [0.2, 0.25) is 0 Å². The summed E-state index contributed by atoms with van der Waals surface area (Å²) in [6, 6.07) is 8.67. The summed E-state index contributed by atoms with van der Waals surface area (Å²) in [6.07, 6.45) is 3.80. The molecule has 0 radical (unpaired) electrons. The lowest BCUT2D eigenvalue weighted by Gasteiger charge is -2.30. The second-order valence-electron chi connectivity index (χ2n) is 5.38. The van der Waals surface area contributed by atoms with Crippen molar-refractivity contribution in [1.82, 2.24) is 4.90 Å². The van der Waals surface area contributed by atoms with Crippen molar-refractivity contribution in [1.29, 1.82) is 0 Å². The molecule has 1 aliphatic heterocycles. The quantitative estimate of drug-likeness (QED) is 0.790. The Hall–Kier alpha value is -1.02. The number of benzene rings is 1. The van der Waals surface area contributed by atoms with Gasteiger partial charge < -0.3 is 9.64 Å². The maximum absolute atomic E-state index is 5.38. The minimum Gasteiger partial charge on any atom is -0.497 e. The van der Waals surface area contributed by atoms with Gasteiger partial charge in [-0.1, -0.05) is 32.4 Å². The number of likely N-dealkylation sites (N-methyl/N-ethyl adjacent to an activating group) is 1. The minimum absolute atomic E-state index is 0.347. The van der Waals surface area contributed by atoms with Crippen LogP contribution >= 0.6 is 0 Å². The molecule has 1 aromatic rings. The molecule has 1 aliphatic rings. The van der Waals surface area contributed by atoms with E-state index in [0.717, 1.165) is 12.3 Å². The van der Waals surface area contributed by atoms with Crippen molar-refractivity contribution in [3.63, 3.8) is 0 Å². The van der Waals surface area contributed by atoms with Gasteiger partial charge >= 0.3 is 0 Å². The first-order valence-corrected chi connectivity index (χ1v) is 7.11. The van der Waals surface area contributed by atoms with E-state index in [9.17, 15) is 0 Å². The van der Waals surface area contributed by atoms with Crippen LogP contribution in [0, 0.1) is 0 Å². The molecule has 1 atom stereocenters. The van der Waals surface area contributed by atoms with E-state index in [-0.39, 0.29) is 0 Å². The summed E-state index contributed by atoms with van der Waals surface area (Å²) in [5, 5.41) is 0. The zero-order valence-electron chi connectivity index (χ0n) is 11.9. The molecule has 0 saturated carbocycles. The van der Waals surface area contributed by atoms with Crippen molar-refractivity contribution < 1.29 is 4.74 Å². The molecule has 0 aromatic heterocycles. The second kappa shape index (κ2) is 5.75. The number of rotatable bonds is 5. The molecule has 0 N–H and O–H groups in total. The number of hydrogen-bond donors (Lipinski definition) is 0. The van der Waals surface area contributed by atoms with E-state index < -0.39 is 0 Å². The molecule has 100 valence electrons. The van der Waals surface area contributed by atoms with Crippen LogP contribution in [0.5, 0.6) is 5.75 Å². The molecule has 1 fully saturated rings. The first-order chi connectivity index (χ1) is 8.74. The molecule has 1 aromatic carbocycles. The number of ether oxygens (including phenoxy) is 1. The third kappa shape index (κ3) is 2.54. The number of likely N-dealkylation sites (tertiary alicyclic amines) is 1. The highest BCUT2D eigenvalue weighted by molar-refractivity contribution is 5.35. The Labute approximate surface area is 111 Å². The fourth-order valence-corrected chi connectivity index (χ4v) is 3.24. The molecular formula is C16H25NO. The zero-order valence-corrected chi connectivity index (χ0v) is 11.9. The Morgan fingerprint density at radius 2 is 2.17 bits per heavy atom. The lowest BCUT2D eigenvalue weighted by Crippen LogP contribution is -2.31. The van der Waals surface area contributed by atoms with E-state index in [4.69, 9.17) is 4.74 Å². The number of nitrogens with zero attached hydrogens (tertiary/aromatic N) is 1. The highest BCUT2D eigenvalue weighted by atomic mass is 16.5. The van der Waals surface area contributed by atoms with E-state index in [2.05, 4.69) is 36.9 Å². The van der Waals surface area contributed by atoms with Crippen molar-refractivity contribution in [2.45, 2.75) is 38.5 Å². The van der Waals surface area contributed by atoms with Crippen molar-refractivity contribution >= 4 is 0 Å². The van der Waals surface area contributed by atoms with Gasteiger partial charge in [-0.15, -0.1) is 0 Å². The van der Waals surface area contributed by atoms with Crippen LogP contribution < -0.4 is 4.74 Å². The normalized spacial score (nSPS) is 24.4. The van der Waals surface area contributed by atoms with Crippen molar-refractivity contribution in [2.75, 3.05) is 26.7 Å². The minimum atomic E-state index is 0.347. The summed E-state index contributed by atoms with van der Waals surface area (Å²) in [6.45, 7) is 8.14. The van der Waals surface area contributed by atoms with Crippen LogP contribution in [-0.4, -0.2) is 31.6 Å². The predicted octanol–water partition coefficient (Wildman–Crippen LogP) is 3.46. The Morgan fingerprint density at radius 3 is 2.78 bits per heavy atom. The standard InChI is InChI=1S/C16H25NO/c1-4-9-16(10-11-17(5-2)13-16)14-7-6-8-15(12-14)18-3/h6-8,12H,4-5,9-11,13H2,1-3H3. The fourth-order valence-electron chi connectivity index (χ4n) is 3.24. The second-order valence-corrected chi connectivity index (χ2v) is 5.38. The van der Waals surface area contributed by atoms with Gasteiger partial charge in [-0.2, -0.15) is 0 Å². The van der Waals surface area contributed by atoms with E-state index >= 15 is 0 Å². The van der Waals surface area contributed by atoms with Gasteiger partial charge in [0.15, 0.2) is 0 Å². The van der Waals surface area contributed by atoms with Gasteiger partial charge in [0.1, 0.15) is 5.75 Å². The highest BCUT2D eigenvalue weighted by Gasteiger charge is 2.38. The predicted molar refractivity (Wildman–Crippen MR) is 76.3 cm³/mol. The molecule has 2 rings (SSSR count). The molecule has 1 unspecified atom stereocenters. The van der Waals surface area contributed by atoms with E-state index in [1.807, 2.05) is 6.07 Å². The van der Waals surface area contributed by atoms with Crippen LogP contribution in [0.25, 0.3) is 0 Å².